The van der Waals surface area contributed by atoms with Crippen LogP contribution in [0.4, 0.5) is 11.5 Å². The molecule has 1 aliphatic heterocycles. The monoisotopic (exact) mass is 528 g/mol. The van der Waals surface area contributed by atoms with Crippen LogP contribution < -0.4 is 9.64 Å². The van der Waals surface area contributed by atoms with E-state index in [9.17, 15) is 5.11 Å². The molecule has 0 saturated carbocycles. The third-order valence-corrected chi connectivity index (χ3v) is 6.21. The number of aromatic nitrogens is 3. The van der Waals surface area contributed by atoms with Gasteiger partial charge in [0.2, 0.25) is 0 Å². The Kier molecular flexibility index (Phi) is 5.00. The van der Waals surface area contributed by atoms with Crippen molar-refractivity contribution in [2.75, 3.05) is 18.1 Å². The Morgan fingerprint density at radius 2 is 2.10 bits per heavy atom. The normalized spacial score (nSPS) is 15.9. The Morgan fingerprint density at radius 3 is 2.87 bits per heavy atom. The molecule has 8 heteroatoms. The fraction of sp³-hybridized carbons (Fsp3) is 0.182. The van der Waals surface area contributed by atoms with E-state index in [0.717, 1.165) is 54.2 Å². The van der Waals surface area contributed by atoms with E-state index >= 15 is 0 Å². The first kappa shape index (κ1) is 19.5. The van der Waals surface area contributed by atoms with Gasteiger partial charge < -0.3 is 19.7 Å². The van der Waals surface area contributed by atoms with Gasteiger partial charge >= 0.3 is 0 Å². The zero-order chi connectivity index (χ0) is 20.8. The maximum absolute atomic E-state index is 9.96. The number of para-hydroxylation sites is 1. The number of imidazole rings is 1. The number of hydrogen-bond donors (Lipinski definition) is 2. The van der Waals surface area contributed by atoms with Gasteiger partial charge in [0.15, 0.2) is 5.75 Å². The van der Waals surface area contributed by atoms with Gasteiger partial charge in [0.1, 0.15) is 23.8 Å². The molecule has 0 bridgehead atoms. The lowest BCUT2D eigenvalue weighted by molar-refractivity contribution is 0.195. The van der Waals surface area contributed by atoms with Crippen LogP contribution in [0.5, 0.6) is 5.75 Å². The second-order valence-corrected chi connectivity index (χ2v) is 9.00. The summed E-state index contributed by atoms with van der Waals surface area (Å²) in [5.41, 5.74) is 4.58. The highest BCUT2D eigenvalue weighted by molar-refractivity contribution is 9.11. The zero-order valence-electron chi connectivity index (χ0n) is 16.1. The lowest BCUT2D eigenvalue weighted by Gasteiger charge is -2.37. The SMILES string of the molecule is Cc1ccc(N2c3cccc(-c4nc5c(Br)cc(Br)cc5[nH]4)c3OCC2CO)nc1. The molecule has 0 radical (unpaired) electrons. The fourth-order valence-electron chi connectivity index (χ4n) is 3.72. The van der Waals surface area contributed by atoms with Crippen LogP contribution in [0.15, 0.2) is 57.6 Å². The van der Waals surface area contributed by atoms with Gasteiger partial charge in [0.25, 0.3) is 0 Å². The second-order valence-electron chi connectivity index (χ2n) is 7.23. The first-order valence-electron chi connectivity index (χ1n) is 9.49. The fourth-order valence-corrected chi connectivity index (χ4v) is 5.03. The number of halogens is 2. The van der Waals surface area contributed by atoms with Crippen molar-refractivity contribution in [3.63, 3.8) is 0 Å². The third-order valence-electron chi connectivity index (χ3n) is 5.15. The van der Waals surface area contributed by atoms with E-state index in [1.54, 1.807) is 0 Å². The smallest absolute Gasteiger partial charge is 0.154 e. The molecule has 3 heterocycles. The highest BCUT2D eigenvalue weighted by Crippen LogP contribution is 2.44. The molecule has 0 fully saturated rings. The van der Waals surface area contributed by atoms with E-state index in [0.29, 0.717) is 6.61 Å². The molecule has 0 spiro atoms. The van der Waals surface area contributed by atoms with Gasteiger partial charge in [-0.1, -0.05) is 28.1 Å². The Labute approximate surface area is 190 Å². The van der Waals surface area contributed by atoms with Crippen LogP contribution in [-0.4, -0.2) is 39.3 Å². The highest BCUT2D eigenvalue weighted by Gasteiger charge is 2.31. The van der Waals surface area contributed by atoms with Gasteiger partial charge in [-0.25, -0.2) is 9.97 Å². The number of H-pyrrole nitrogens is 1. The summed E-state index contributed by atoms with van der Waals surface area (Å²) in [6.45, 7) is 2.32. The molecule has 5 rings (SSSR count). The van der Waals surface area contributed by atoms with Crippen LogP contribution in [-0.2, 0) is 0 Å². The molecule has 0 saturated heterocycles. The molecule has 1 aliphatic rings. The van der Waals surface area contributed by atoms with E-state index in [1.165, 1.54) is 0 Å². The zero-order valence-corrected chi connectivity index (χ0v) is 19.2. The quantitative estimate of drug-likeness (QED) is 0.374. The predicted octanol–water partition coefficient (Wildman–Crippen LogP) is 5.35. The number of ether oxygens (including phenoxy) is 1. The lowest BCUT2D eigenvalue weighted by Crippen LogP contribution is -2.43. The second kappa shape index (κ2) is 7.68. The van der Waals surface area contributed by atoms with Crippen LogP contribution in [0, 0.1) is 6.92 Å². The number of hydrogen-bond acceptors (Lipinski definition) is 5. The molecule has 6 nitrogen and oxygen atoms in total. The molecule has 1 unspecified atom stereocenters. The van der Waals surface area contributed by atoms with E-state index in [1.807, 2.05) is 60.5 Å². The van der Waals surface area contributed by atoms with Crippen LogP contribution in [0.2, 0.25) is 0 Å². The van der Waals surface area contributed by atoms with Crippen molar-refractivity contribution in [1.82, 2.24) is 15.0 Å². The van der Waals surface area contributed by atoms with E-state index in [-0.39, 0.29) is 12.6 Å². The third kappa shape index (κ3) is 3.29. The van der Waals surface area contributed by atoms with E-state index in [2.05, 4.69) is 41.8 Å². The summed E-state index contributed by atoms with van der Waals surface area (Å²) in [7, 11) is 0. The number of fused-ring (bicyclic) bond motifs is 2. The Hall–Kier alpha value is -2.42. The summed E-state index contributed by atoms with van der Waals surface area (Å²) >= 11 is 7.11. The van der Waals surface area contributed by atoms with E-state index < -0.39 is 0 Å². The summed E-state index contributed by atoms with van der Waals surface area (Å²) in [5, 5.41) is 9.96. The molecule has 30 heavy (non-hydrogen) atoms. The van der Waals surface area contributed by atoms with Crippen molar-refractivity contribution in [3.05, 3.63) is 63.2 Å². The highest BCUT2D eigenvalue weighted by atomic mass is 79.9. The molecule has 0 aliphatic carbocycles. The van der Waals surface area contributed by atoms with Crippen molar-refractivity contribution < 1.29 is 9.84 Å². The largest absolute Gasteiger partial charge is 0.488 e. The minimum atomic E-state index is -0.219. The maximum atomic E-state index is 9.96. The Balaban J connectivity index is 1.66. The number of pyridine rings is 1. The van der Waals surface area contributed by atoms with Crippen molar-refractivity contribution in [2.24, 2.45) is 0 Å². The van der Waals surface area contributed by atoms with E-state index in [4.69, 9.17) is 9.72 Å². The molecule has 0 amide bonds. The van der Waals surface area contributed by atoms with Crippen molar-refractivity contribution >= 4 is 54.4 Å². The van der Waals surface area contributed by atoms with Crippen molar-refractivity contribution in [3.8, 4) is 17.1 Å². The number of rotatable bonds is 3. The topological polar surface area (TPSA) is 74.3 Å². The molecular weight excluding hydrogens is 512 g/mol. The van der Waals surface area contributed by atoms with Gasteiger partial charge in [0.05, 0.1) is 29.4 Å². The average molecular weight is 530 g/mol. The van der Waals surface area contributed by atoms with Crippen LogP contribution >= 0.6 is 31.9 Å². The number of aliphatic hydroxyl groups excluding tert-OH is 1. The standard InChI is InChI=1S/C22H18Br2N4O2/c1-12-5-6-19(25-9-12)28-14(10-29)11-30-21-15(3-2-4-18(21)28)22-26-17-8-13(23)7-16(24)20(17)27-22/h2-9,14,29H,10-11H2,1H3,(H,26,27). The van der Waals surface area contributed by atoms with Crippen LogP contribution in [0.25, 0.3) is 22.4 Å². The molecular formula is C22H18Br2N4O2. The Morgan fingerprint density at radius 1 is 1.23 bits per heavy atom. The molecule has 4 aromatic rings. The number of anilines is 2. The van der Waals surface area contributed by atoms with Gasteiger partial charge in [-0.2, -0.15) is 0 Å². The van der Waals surface area contributed by atoms with Gasteiger partial charge in [0, 0.05) is 15.1 Å². The molecule has 152 valence electrons. The predicted molar refractivity (Wildman–Crippen MR) is 124 cm³/mol. The van der Waals surface area contributed by atoms with Gasteiger partial charge in [-0.05, 0) is 58.7 Å². The Bertz CT molecular complexity index is 1240. The summed E-state index contributed by atoms with van der Waals surface area (Å²) in [6.07, 6.45) is 1.83. The number of nitrogens with zero attached hydrogens (tertiary/aromatic N) is 3. The number of benzene rings is 2. The van der Waals surface area contributed by atoms with Gasteiger partial charge in [-0.15, -0.1) is 0 Å². The minimum Gasteiger partial charge on any atom is -0.488 e. The first-order chi connectivity index (χ1) is 14.5. The molecule has 2 N–H and O–H groups in total. The lowest BCUT2D eigenvalue weighted by atomic mass is 10.1. The molecule has 1 atom stereocenters. The number of aliphatic hydroxyl groups is 1. The number of aromatic amines is 1. The maximum Gasteiger partial charge on any atom is 0.154 e. The summed E-state index contributed by atoms with van der Waals surface area (Å²) in [5.74, 6) is 2.22. The average Bonchev–Trinajstić information content (AvgIpc) is 3.17. The van der Waals surface area contributed by atoms with Crippen molar-refractivity contribution in [1.29, 1.82) is 0 Å². The number of aryl methyl sites for hydroxylation is 1. The van der Waals surface area contributed by atoms with Crippen molar-refractivity contribution in [2.45, 2.75) is 13.0 Å². The summed E-state index contributed by atoms with van der Waals surface area (Å²) in [4.78, 5) is 14.8. The van der Waals surface area contributed by atoms with Crippen LogP contribution in [0.3, 0.4) is 0 Å². The van der Waals surface area contributed by atoms with Gasteiger partial charge in [-0.3, -0.25) is 0 Å². The summed E-state index contributed by atoms with van der Waals surface area (Å²) < 4.78 is 8.00. The molecule has 2 aromatic heterocycles. The minimum absolute atomic E-state index is 0.0369. The summed E-state index contributed by atoms with van der Waals surface area (Å²) in [6, 6.07) is 13.7. The first-order valence-corrected chi connectivity index (χ1v) is 11.1. The number of nitrogens with one attached hydrogen (secondary N) is 1. The molecule has 2 aromatic carbocycles. The van der Waals surface area contributed by atoms with Crippen LogP contribution in [0.1, 0.15) is 5.56 Å².